The normalized spacial score (nSPS) is 20.2. The number of hydrogen-bond donors (Lipinski definition) is 2. The van der Waals surface area contributed by atoms with Crippen LogP contribution >= 0.6 is 22.6 Å². The van der Waals surface area contributed by atoms with Crippen LogP contribution in [0, 0.1) is 3.57 Å². The van der Waals surface area contributed by atoms with Gasteiger partial charge in [-0.15, -0.1) is 0 Å². The summed E-state index contributed by atoms with van der Waals surface area (Å²) < 4.78 is 0.678. The van der Waals surface area contributed by atoms with Gasteiger partial charge in [0.15, 0.2) is 0 Å². The maximum absolute atomic E-state index is 11.6. The van der Waals surface area contributed by atoms with Crippen LogP contribution in [0.1, 0.15) is 19.8 Å². The minimum Gasteiger partial charge on any atom is -0.352 e. The highest BCUT2D eigenvalue weighted by molar-refractivity contribution is 14.1. The lowest BCUT2D eigenvalue weighted by molar-refractivity contribution is 0.432. The molecule has 0 bridgehead atoms. The topological polar surface area (TPSA) is 61.0 Å². The largest absolute Gasteiger partial charge is 0.352 e. The number of nitrogens with one attached hydrogen (secondary N) is 2. The van der Waals surface area contributed by atoms with Crippen molar-refractivity contribution < 1.29 is 0 Å². The Hall–Kier alpha value is -0.630. The summed E-state index contributed by atoms with van der Waals surface area (Å²) in [6.07, 6.45) is 3.82. The van der Waals surface area contributed by atoms with Gasteiger partial charge in [-0.1, -0.05) is 0 Å². The summed E-state index contributed by atoms with van der Waals surface area (Å²) in [6, 6.07) is 0.441. The highest BCUT2D eigenvalue weighted by Gasteiger charge is 2.23. The van der Waals surface area contributed by atoms with Crippen LogP contribution in [0.4, 0.5) is 5.82 Å². The smallest absolute Gasteiger partial charge is 0.266 e. The van der Waals surface area contributed by atoms with E-state index in [1.54, 1.807) is 0 Å². The van der Waals surface area contributed by atoms with E-state index in [1.807, 2.05) is 0 Å². The number of piperidine rings is 1. The number of aromatic amines is 1. The second kappa shape index (κ2) is 5.81. The Balaban J connectivity index is 2.27. The number of nitrogens with zero attached hydrogens (tertiary/aromatic N) is 2. The number of rotatable bonds is 3. The maximum Gasteiger partial charge on any atom is 0.266 e. The summed E-state index contributed by atoms with van der Waals surface area (Å²) in [7, 11) is 0. The lowest BCUT2D eigenvalue weighted by Gasteiger charge is -2.35. The fourth-order valence-corrected chi connectivity index (χ4v) is 2.86. The van der Waals surface area contributed by atoms with Gasteiger partial charge in [-0.05, 0) is 48.9 Å². The molecule has 1 aromatic rings. The summed E-state index contributed by atoms with van der Waals surface area (Å²) in [6.45, 7) is 5.04. The Morgan fingerprint density at radius 2 is 2.47 bits per heavy atom. The van der Waals surface area contributed by atoms with Gasteiger partial charge in [0.2, 0.25) is 0 Å². The van der Waals surface area contributed by atoms with Crippen molar-refractivity contribution >= 4 is 28.4 Å². The molecule has 0 amide bonds. The van der Waals surface area contributed by atoms with E-state index in [0.29, 0.717) is 9.61 Å². The predicted molar refractivity (Wildman–Crippen MR) is 76.5 cm³/mol. The van der Waals surface area contributed by atoms with E-state index in [-0.39, 0.29) is 5.56 Å². The molecule has 94 valence electrons. The van der Waals surface area contributed by atoms with Gasteiger partial charge in [0, 0.05) is 19.1 Å². The number of halogens is 1. The number of hydrogen-bond acceptors (Lipinski definition) is 4. The molecule has 0 aliphatic carbocycles. The van der Waals surface area contributed by atoms with E-state index in [9.17, 15) is 4.79 Å². The van der Waals surface area contributed by atoms with Crippen molar-refractivity contribution in [3.63, 3.8) is 0 Å². The first kappa shape index (κ1) is 12.8. The summed E-state index contributed by atoms with van der Waals surface area (Å²) >= 11 is 2.07. The molecule has 1 aromatic heterocycles. The van der Waals surface area contributed by atoms with Crippen LogP contribution in [0.25, 0.3) is 0 Å². The molecule has 1 saturated heterocycles. The van der Waals surface area contributed by atoms with Crippen LogP contribution in [0.3, 0.4) is 0 Å². The number of likely N-dealkylation sites (N-methyl/N-ethyl adjacent to an activating group) is 1. The van der Waals surface area contributed by atoms with Gasteiger partial charge in [-0.2, -0.15) is 0 Å². The molecule has 2 N–H and O–H groups in total. The first-order chi connectivity index (χ1) is 8.24. The molecule has 0 aromatic carbocycles. The summed E-state index contributed by atoms with van der Waals surface area (Å²) in [5.74, 6) is 0.811. The quantitative estimate of drug-likeness (QED) is 0.799. The van der Waals surface area contributed by atoms with E-state index in [4.69, 9.17) is 0 Å². The van der Waals surface area contributed by atoms with Crippen LogP contribution in [-0.2, 0) is 0 Å². The molecular weight excluding hydrogens is 331 g/mol. The lowest BCUT2D eigenvalue weighted by atomic mass is 10.1. The molecule has 1 unspecified atom stereocenters. The van der Waals surface area contributed by atoms with Gasteiger partial charge < -0.3 is 15.2 Å². The molecule has 17 heavy (non-hydrogen) atoms. The summed E-state index contributed by atoms with van der Waals surface area (Å²) in [5, 5.41) is 3.40. The minimum atomic E-state index is -0.0576. The fourth-order valence-electron chi connectivity index (χ4n) is 2.25. The lowest BCUT2D eigenvalue weighted by Crippen LogP contribution is -2.47. The molecule has 1 atom stereocenters. The van der Waals surface area contributed by atoms with Crippen molar-refractivity contribution in [2.24, 2.45) is 0 Å². The highest BCUT2D eigenvalue weighted by atomic mass is 127. The molecule has 1 fully saturated rings. The molecule has 0 saturated carbocycles. The Morgan fingerprint density at radius 1 is 1.65 bits per heavy atom. The second-order valence-electron chi connectivity index (χ2n) is 4.16. The second-order valence-corrected chi connectivity index (χ2v) is 5.23. The van der Waals surface area contributed by atoms with Gasteiger partial charge in [-0.3, -0.25) is 4.79 Å². The van der Waals surface area contributed by atoms with Crippen LogP contribution in [0.15, 0.2) is 11.1 Å². The van der Waals surface area contributed by atoms with Gasteiger partial charge in [0.1, 0.15) is 9.39 Å². The molecule has 0 spiro atoms. The van der Waals surface area contributed by atoms with Crippen LogP contribution in [-0.4, -0.2) is 35.6 Å². The zero-order valence-electron chi connectivity index (χ0n) is 9.87. The van der Waals surface area contributed by atoms with Gasteiger partial charge in [0.25, 0.3) is 5.56 Å². The Bertz CT molecular complexity index is 428. The van der Waals surface area contributed by atoms with Crippen molar-refractivity contribution in [1.29, 1.82) is 0 Å². The molecule has 1 aliphatic heterocycles. The molecule has 2 rings (SSSR count). The fraction of sp³-hybridized carbons (Fsp3) is 0.636. The predicted octanol–water partition coefficient (Wildman–Crippen LogP) is 0.953. The van der Waals surface area contributed by atoms with Crippen molar-refractivity contribution in [2.75, 3.05) is 24.5 Å². The van der Waals surface area contributed by atoms with E-state index in [2.05, 4.69) is 49.7 Å². The Morgan fingerprint density at radius 3 is 3.12 bits per heavy atom. The first-order valence-corrected chi connectivity index (χ1v) is 7.02. The van der Waals surface area contributed by atoms with Gasteiger partial charge in [0.05, 0.1) is 6.33 Å². The van der Waals surface area contributed by atoms with E-state index in [1.165, 1.54) is 12.7 Å². The van der Waals surface area contributed by atoms with Crippen LogP contribution < -0.4 is 15.8 Å². The maximum atomic E-state index is 11.6. The molecule has 5 nitrogen and oxygen atoms in total. The summed E-state index contributed by atoms with van der Waals surface area (Å²) in [4.78, 5) is 20.7. The van der Waals surface area contributed by atoms with Crippen LogP contribution in [0.2, 0.25) is 0 Å². The highest BCUT2D eigenvalue weighted by Crippen LogP contribution is 2.20. The van der Waals surface area contributed by atoms with E-state index in [0.717, 1.165) is 31.9 Å². The zero-order chi connectivity index (χ0) is 12.3. The molecule has 2 heterocycles. The third-order valence-corrected chi connectivity index (χ3v) is 4.07. The third kappa shape index (κ3) is 2.79. The van der Waals surface area contributed by atoms with Crippen LogP contribution in [0.5, 0.6) is 0 Å². The number of H-pyrrole nitrogens is 1. The van der Waals surface area contributed by atoms with Crippen molar-refractivity contribution in [3.8, 4) is 0 Å². The Kier molecular flexibility index (Phi) is 4.38. The average molecular weight is 348 g/mol. The zero-order valence-corrected chi connectivity index (χ0v) is 12.0. The Labute approximate surface area is 114 Å². The minimum absolute atomic E-state index is 0.0576. The van der Waals surface area contributed by atoms with Crippen molar-refractivity contribution in [2.45, 2.75) is 25.8 Å². The number of anilines is 1. The monoisotopic (exact) mass is 348 g/mol. The standard InChI is InChI=1S/C11H17IN4O/c1-2-16(8-4-3-5-13-6-8)10-9(12)11(17)15-7-14-10/h7-8,13H,2-6H2,1H3,(H,14,15,17). The summed E-state index contributed by atoms with van der Waals surface area (Å²) in [5.41, 5.74) is -0.0576. The molecule has 1 aliphatic rings. The molecule has 6 heteroatoms. The average Bonchev–Trinajstić information content (AvgIpc) is 2.37. The van der Waals surface area contributed by atoms with E-state index < -0.39 is 0 Å². The molecule has 0 radical (unpaired) electrons. The van der Waals surface area contributed by atoms with Gasteiger partial charge in [-0.25, -0.2) is 4.98 Å². The van der Waals surface area contributed by atoms with Crippen molar-refractivity contribution in [1.82, 2.24) is 15.3 Å². The first-order valence-electron chi connectivity index (χ1n) is 5.94. The third-order valence-electron chi connectivity index (χ3n) is 3.10. The van der Waals surface area contributed by atoms with Gasteiger partial charge >= 0.3 is 0 Å². The SMILES string of the molecule is CCN(c1nc[nH]c(=O)c1I)C1CCCNC1. The van der Waals surface area contributed by atoms with E-state index >= 15 is 0 Å². The number of aromatic nitrogens is 2. The molecular formula is C11H17IN4O. The van der Waals surface area contributed by atoms with Crippen molar-refractivity contribution in [3.05, 3.63) is 20.3 Å².